The lowest BCUT2D eigenvalue weighted by atomic mass is 9.84. The third-order valence-corrected chi connectivity index (χ3v) is 3.17. The zero-order valence-electron chi connectivity index (χ0n) is 11.7. The molecule has 0 aliphatic carbocycles. The molecule has 1 atom stereocenters. The molecule has 0 spiro atoms. The summed E-state index contributed by atoms with van der Waals surface area (Å²) >= 11 is 0. The minimum Gasteiger partial charge on any atom is -0.481 e. The summed E-state index contributed by atoms with van der Waals surface area (Å²) in [4.78, 5) is 22.1. The van der Waals surface area contributed by atoms with E-state index in [2.05, 4.69) is 19.2 Å². The van der Waals surface area contributed by atoms with Crippen LogP contribution in [-0.2, 0) is 9.59 Å². The van der Waals surface area contributed by atoms with E-state index < -0.39 is 11.9 Å². The van der Waals surface area contributed by atoms with Crippen LogP contribution in [0.5, 0.6) is 0 Å². The molecule has 5 heteroatoms. The quantitative estimate of drug-likeness (QED) is 0.582. The van der Waals surface area contributed by atoms with Crippen LogP contribution in [0.2, 0.25) is 0 Å². The van der Waals surface area contributed by atoms with Crippen LogP contribution < -0.4 is 11.1 Å². The third-order valence-electron chi connectivity index (χ3n) is 3.17. The van der Waals surface area contributed by atoms with Crippen molar-refractivity contribution in [3.8, 4) is 0 Å². The Morgan fingerprint density at radius 1 is 1.33 bits per heavy atom. The van der Waals surface area contributed by atoms with Crippen LogP contribution in [0, 0.1) is 11.3 Å². The van der Waals surface area contributed by atoms with Crippen molar-refractivity contribution in [2.24, 2.45) is 17.1 Å². The van der Waals surface area contributed by atoms with Crippen LogP contribution >= 0.6 is 0 Å². The SMILES string of the molecule is CC(CCNC(=O)CCC(C)(C)CCN)C(=O)O. The molecule has 106 valence electrons. The van der Waals surface area contributed by atoms with E-state index in [0.717, 1.165) is 12.8 Å². The average Bonchev–Trinajstić information content (AvgIpc) is 2.26. The number of hydrogen-bond acceptors (Lipinski definition) is 3. The van der Waals surface area contributed by atoms with Gasteiger partial charge >= 0.3 is 5.97 Å². The maximum atomic E-state index is 11.6. The summed E-state index contributed by atoms with van der Waals surface area (Å²) in [6.45, 7) is 6.88. The Balaban J connectivity index is 3.76. The lowest BCUT2D eigenvalue weighted by Gasteiger charge is -2.23. The fourth-order valence-electron chi connectivity index (χ4n) is 1.61. The number of carboxylic acid groups (broad SMARTS) is 1. The molecule has 0 heterocycles. The molecule has 4 N–H and O–H groups in total. The maximum absolute atomic E-state index is 11.6. The van der Waals surface area contributed by atoms with Crippen LogP contribution in [0.15, 0.2) is 0 Å². The molecule has 1 amide bonds. The summed E-state index contributed by atoms with van der Waals surface area (Å²) in [5.41, 5.74) is 5.59. The fraction of sp³-hybridized carbons (Fsp3) is 0.846. The molecule has 0 saturated heterocycles. The summed E-state index contributed by atoms with van der Waals surface area (Å²) in [6.07, 6.45) is 2.63. The molecule has 1 unspecified atom stereocenters. The van der Waals surface area contributed by atoms with Gasteiger partial charge in [0, 0.05) is 13.0 Å². The van der Waals surface area contributed by atoms with E-state index in [9.17, 15) is 9.59 Å². The molecule has 0 bridgehead atoms. The predicted octanol–water partition coefficient (Wildman–Crippen LogP) is 1.37. The molecule has 0 fully saturated rings. The van der Waals surface area contributed by atoms with Gasteiger partial charge in [-0.3, -0.25) is 9.59 Å². The summed E-state index contributed by atoms with van der Waals surface area (Å²) in [7, 11) is 0. The van der Waals surface area contributed by atoms with Crippen molar-refractivity contribution >= 4 is 11.9 Å². The van der Waals surface area contributed by atoms with E-state index in [1.807, 2.05) is 0 Å². The van der Waals surface area contributed by atoms with E-state index in [0.29, 0.717) is 25.9 Å². The topological polar surface area (TPSA) is 92.4 Å². The summed E-state index contributed by atoms with van der Waals surface area (Å²) in [5.74, 6) is -1.26. The molecule has 18 heavy (non-hydrogen) atoms. The zero-order valence-corrected chi connectivity index (χ0v) is 11.7. The minimum absolute atomic E-state index is 0.0160. The van der Waals surface area contributed by atoms with Crippen LogP contribution in [0.1, 0.15) is 46.5 Å². The van der Waals surface area contributed by atoms with Gasteiger partial charge < -0.3 is 16.2 Å². The first-order chi connectivity index (χ1) is 8.28. The van der Waals surface area contributed by atoms with Gasteiger partial charge in [-0.15, -0.1) is 0 Å². The van der Waals surface area contributed by atoms with Gasteiger partial charge in [-0.2, -0.15) is 0 Å². The number of nitrogens with one attached hydrogen (secondary N) is 1. The Hall–Kier alpha value is -1.10. The Morgan fingerprint density at radius 3 is 2.44 bits per heavy atom. The molecule has 0 saturated carbocycles. The highest BCUT2D eigenvalue weighted by atomic mass is 16.4. The number of aliphatic carboxylic acids is 1. The molecule has 0 aromatic heterocycles. The van der Waals surface area contributed by atoms with Gasteiger partial charge in [-0.25, -0.2) is 0 Å². The van der Waals surface area contributed by atoms with Gasteiger partial charge in [-0.1, -0.05) is 20.8 Å². The van der Waals surface area contributed by atoms with Crippen LogP contribution in [-0.4, -0.2) is 30.1 Å². The number of carbonyl (C=O) groups excluding carboxylic acids is 1. The normalized spacial score (nSPS) is 13.1. The highest BCUT2D eigenvalue weighted by molar-refractivity contribution is 5.76. The molecule has 0 aromatic carbocycles. The average molecular weight is 258 g/mol. The number of amides is 1. The molecule has 5 nitrogen and oxygen atoms in total. The largest absolute Gasteiger partial charge is 0.481 e. The first kappa shape index (κ1) is 16.9. The van der Waals surface area contributed by atoms with Crippen molar-refractivity contribution < 1.29 is 14.7 Å². The Labute approximate surface area is 109 Å². The van der Waals surface area contributed by atoms with Gasteiger partial charge in [0.2, 0.25) is 5.91 Å². The number of carboxylic acids is 1. The molecule has 0 radical (unpaired) electrons. The lowest BCUT2D eigenvalue weighted by Crippen LogP contribution is -2.28. The molecule has 0 aromatic rings. The fourth-order valence-corrected chi connectivity index (χ4v) is 1.61. The first-order valence-electron chi connectivity index (χ1n) is 6.48. The van der Waals surface area contributed by atoms with E-state index in [1.165, 1.54) is 0 Å². The summed E-state index contributed by atoms with van der Waals surface area (Å²) in [6, 6.07) is 0. The number of carbonyl (C=O) groups is 2. The molecule has 0 rings (SSSR count). The zero-order chi connectivity index (χ0) is 14.2. The van der Waals surface area contributed by atoms with Gasteiger partial charge in [0.05, 0.1) is 5.92 Å². The second kappa shape index (κ2) is 8.08. The van der Waals surface area contributed by atoms with E-state index in [4.69, 9.17) is 10.8 Å². The van der Waals surface area contributed by atoms with Crippen LogP contribution in [0.25, 0.3) is 0 Å². The first-order valence-corrected chi connectivity index (χ1v) is 6.48. The van der Waals surface area contributed by atoms with Crippen molar-refractivity contribution in [1.29, 1.82) is 0 Å². The highest BCUT2D eigenvalue weighted by Crippen LogP contribution is 2.25. The smallest absolute Gasteiger partial charge is 0.306 e. The lowest BCUT2D eigenvalue weighted by molar-refractivity contribution is -0.141. The standard InChI is InChI=1S/C13H26N2O3/c1-10(12(17)18)5-9-15-11(16)4-6-13(2,3)7-8-14/h10H,4-9,14H2,1-3H3,(H,15,16)(H,17,18). The van der Waals surface area contributed by atoms with Gasteiger partial charge in [0.15, 0.2) is 0 Å². The van der Waals surface area contributed by atoms with Crippen LogP contribution in [0.4, 0.5) is 0 Å². The highest BCUT2D eigenvalue weighted by Gasteiger charge is 2.18. The van der Waals surface area contributed by atoms with Crippen molar-refractivity contribution in [2.75, 3.05) is 13.1 Å². The van der Waals surface area contributed by atoms with Gasteiger partial charge in [0.25, 0.3) is 0 Å². The minimum atomic E-state index is -0.826. The van der Waals surface area contributed by atoms with E-state index >= 15 is 0 Å². The monoisotopic (exact) mass is 258 g/mol. The van der Waals surface area contributed by atoms with Gasteiger partial charge in [0.1, 0.15) is 0 Å². The van der Waals surface area contributed by atoms with Crippen molar-refractivity contribution in [2.45, 2.75) is 46.5 Å². The molecular weight excluding hydrogens is 232 g/mol. The Kier molecular flexibility index (Phi) is 7.59. The van der Waals surface area contributed by atoms with Crippen LogP contribution in [0.3, 0.4) is 0 Å². The van der Waals surface area contributed by atoms with Gasteiger partial charge in [-0.05, 0) is 31.2 Å². The Bertz CT molecular complexity index is 277. The maximum Gasteiger partial charge on any atom is 0.306 e. The number of rotatable bonds is 9. The number of hydrogen-bond donors (Lipinski definition) is 3. The summed E-state index contributed by atoms with van der Waals surface area (Å²) in [5, 5.41) is 11.4. The molecule has 0 aliphatic rings. The van der Waals surface area contributed by atoms with E-state index in [-0.39, 0.29) is 11.3 Å². The summed E-state index contributed by atoms with van der Waals surface area (Å²) < 4.78 is 0. The van der Waals surface area contributed by atoms with Crippen molar-refractivity contribution in [3.05, 3.63) is 0 Å². The second-order valence-electron chi connectivity index (χ2n) is 5.58. The molecule has 0 aliphatic heterocycles. The second-order valence-corrected chi connectivity index (χ2v) is 5.58. The van der Waals surface area contributed by atoms with Crippen molar-refractivity contribution in [3.63, 3.8) is 0 Å². The third kappa shape index (κ3) is 8.06. The Morgan fingerprint density at radius 2 is 1.94 bits per heavy atom. The molecular formula is C13H26N2O3. The van der Waals surface area contributed by atoms with Crippen molar-refractivity contribution in [1.82, 2.24) is 5.32 Å². The number of nitrogens with two attached hydrogens (primary N) is 1. The van der Waals surface area contributed by atoms with E-state index in [1.54, 1.807) is 6.92 Å². The predicted molar refractivity (Wildman–Crippen MR) is 71.1 cm³/mol.